The van der Waals surface area contributed by atoms with Crippen LogP contribution in [0.25, 0.3) is 0 Å². The Morgan fingerprint density at radius 3 is 1.59 bits per heavy atom. The van der Waals surface area contributed by atoms with Crippen molar-refractivity contribution in [3.63, 3.8) is 0 Å². The highest BCUT2D eigenvalue weighted by Gasteiger charge is 2.33. The Labute approximate surface area is 295 Å². The number of ketones is 2. The van der Waals surface area contributed by atoms with E-state index >= 15 is 0 Å². The number of benzene rings is 2. The van der Waals surface area contributed by atoms with E-state index in [1.807, 2.05) is 36.1 Å². The van der Waals surface area contributed by atoms with Crippen LogP contribution in [0.2, 0.25) is 5.15 Å². The van der Waals surface area contributed by atoms with Crippen LogP contribution in [0.3, 0.4) is 0 Å². The van der Waals surface area contributed by atoms with Gasteiger partial charge in [-0.1, -0.05) is 11.6 Å². The second-order valence-corrected chi connectivity index (χ2v) is 12.0. The van der Waals surface area contributed by atoms with Crippen molar-refractivity contribution in [1.29, 1.82) is 0 Å². The standard InChI is InChI=1S/C16H17BrN4O3.C16H17ClN4O4/c1-8-11(23-2)4-9(5-12(8)24-3)6-21-7-10(22)13-14(17)19-16(18)20-15(13)21;1-23-10-4-8(5-11(24-2)13(10)25-3)6-21-7-9(22)12-14(17)19-16(18)20-15(12)21/h4-5H,6-7H2,1-3H3,(H2,18,19,20);4-5H,6-7H2,1-3H3,(H2,18,19,20). The Morgan fingerprint density at radius 1 is 0.694 bits per heavy atom. The van der Waals surface area contributed by atoms with E-state index in [0.29, 0.717) is 57.7 Å². The molecule has 0 aliphatic carbocycles. The summed E-state index contributed by atoms with van der Waals surface area (Å²) in [6, 6.07) is 7.49. The molecule has 15 nitrogen and oxygen atoms in total. The molecule has 17 heteroatoms. The van der Waals surface area contributed by atoms with Gasteiger partial charge < -0.3 is 45.0 Å². The zero-order valence-corrected chi connectivity index (χ0v) is 29.9. The number of nitrogens with zero attached hydrogens (tertiary/aromatic N) is 6. The van der Waals surface area contributed by atoms with Crippen LogP contribution in [-0.2, 0) is 13.1 Å². The van der Waals surface area contributed by atoms with E-state index in [0.717, 1.165) is 28.2 Å². The molecule has 0 saturated carbocycles. The Morgan fingerprint density at radius 2 is 1.12 bits per heavy atom. The van der Waals surface area contributed by atoms with E-state index in [2.05, 4.69) is 35.9 Å². The van der Waals surface area contributed by atoms with Gasteiger partial charge in [0.1, 0.15) is 32.9 Å². The first-order valence-corrected chi connectivity index (χ1v) is 15.8. The summed E-state index contributed by atoms with van der Waals surface area (Å²) in [4.78, 5) is 44.4. The number of Topliss-reactive ketones (excluding diaryl/α,β-unsaturated/α-hetero) is 2. The van der Waals surface area contributed by atoms with Gasteiger partial charge in [0.15, 0.2) is 23.1 Å². The molecular weight excluding hydrogens is 724 g/mol. The van der Waals surface area contributed by atoms with E-state index < -0.39 is 0 Å². The number of ether oxygens (including phenoxy) is 5. The smallest absolute Gasteiger partial charge is 0.223 e. The normalized spacial score (nSPS) is 13.1. The maximum Gasteiger partial charge on any atom is 0.223 e. The average molecular weight is 758 g/mol. The maximum absolute atomic E-state index is 12.3. The molecule has 2 aromatic heterocycles. The van der Waals surface area contributed by atoms with Gasteiger partial charge in [0, 0.05) is 18.7 Å². The molecule has 0 fully saturated rings. The molecule has 4 heterocycles. The van der Waals surface area contributed by atoms with Gasteiger partial charge >= 0.3 is 0 Å². The quantitative estimate of drug-likeness (QED) is 0.230. The van der Waals surface area contributed by atoms with Crippen molar-refractivity contribution in [1.82, 2.24) is 19.9 Å². The fourth-order valence-electron chi connectivity index (χ4n) is 5.63. The molecular formula is C32H34BrClN8O7. The number of methoxy groups -OCH3 is 5. The second-order valence-electron chi connectivity index (χ2n) is 10.9. The van der Waals surface area contributed by atoms with Crippen LogP contribution in [0, 0.1) is 6.92 Å². The van der Waals surface area contributed by atoms with E-state index in [9.17, 15) is 9.59 Å². The molecule has 0 atom stereocenters. The number of aromatic nitrogens is 4. The predicted octanol–water partition coefficient (Wildman–Crippen LogP) is 4.29. The second kappa shape index (κ2) is 14.6. The number of nitrogen functional groups attached to an aromatic ring is 2. The third-order valence-corrected chi connectivity index (χ3v) is 8.68. The van der Waals surface area contributed by atoms with Gasteiger partial charge in [0.2, 0.25) is 17.6 Å². The minimum Gasteiger partial charge on any atom is -0.496 e. The van der Waals surface area contributed by atoms with E-state index in [1.54, 1.807) is 33.3 Å². The summed E-state index contributed by atoms with van der Waals surface area (Å²) in [6.07, 6.45) is 0. The van der Waals surface area contributed by atoms with Crippen LogP contribution < -0.4 is 45.0 Å². The highest BCUT2D eigenvalue weighted by Crippen LogP contribution is 2.40. The molecule has 2 aliphatic rings. The molecule has 4 N–H and O–H groups in total. The molecule has 49 heavy (non-hydrogen) atoms. The van der Waals surface area contributed by atoms with Crippen LogP contribution in [0.5, 0.6) is 28.7 Å². The summed E-state index contributed by atoms with van der Waals surface area (Å²) in [6.45, 7) is 3.17. The number of hydrogen-bond donors (Lipinski definition) is 2. The predicted molar refractivity (Wildman–Crippen MR) is 187 cm³/mol. The third-order valence-electron chi connectivity index (χ3n) is 7.84. The topological polar surface area (TPSA) is 190 Å². The molecule has 0 spiro atoms. The molecule has 0 unspecified atom stereocenters. The van der Waals surface area contributed by atoms with Crippen molar-refractivity contribution >= 4 is 62.6 Å². The van der Waals surface area contributed by atoms with E-state index in [1.165, 1.54) is 7.11 Å². The van der Waals surface area contributed by atoms with Gasteiger partial charge in [-0.15, -0.1) is 0 Å². The number of hydrogen-bond acceptors (Lipinski definition) is 15. The molecule has 2 aliphatic heterocycles. The van der Waals surface area contributed by atoms with Crippen LogP contribution in [0.4, 0.5) is 23.5 Å². The third kappa shape index (κ3) is 7.05. The minimum absolute atomic E-state index is 0.0216. The lowest BCUT2D eigenvalue weighted by Crippen LogP contribution is -2.22. The fraction of sp³-hybridized carbons (Fsp3) is 0.312. The first-order valence-electron chi connectivity index (χ1n) is 14.7. The Kier molecular flexibility index (Phi) is 10.5. The largest absolute Gasteiger partial charge is 0.496 e. The van der Waals surface area contributed by atoms with Gasteiger partial charge in [0.05, 0.1) is 59.8 Å². The lowest BCUT2D eigenvalue weighted by molar-refractivity contribution is 0.1000. The van der Waals surface area contributed by atoms with Crippen molar-refractivity contribution in [2.24, 2.45) is 0 Å². The number of carbonyl (C=O) groups is 2. The summed E-state index contributed by atoms with van der Waals surface area (Å²) in [5.74, 6) is 3.96. The average Bonchev–Trinajstić information content (AvgIpc) is 3.55. The number of nitrogens with two attached hydrogens (primary N) is 2. The van der Waals surface area contributed by atoms with E-state index in [-0.39, 0.29) is 41.7 Å². The number of rotatable bonds is 9. The molecule has 258 valence electrons. The lowest BCUT2D eigenvalue weighted by atomic mass is 10.1. The van der Waals surface area contributed by atoms with Crippen LogP contribution in [0.15, 0.2) is 28.9 Å². The SMILES string of the molecule is COc1cc(CN2CC(=O)c3c(Br)nc(N)nc32)cc(OC)c1C.COc1cc(CN2CC(=O)c3c(Cl)nc(N)nc32)cc(OC)c1OC. The minimum atomic E-state index is -0.146. The Hall–Kier alpha value is -5.09. The van der Waals surface area contributed by atoms with Crippen LogP contribution in [-0.4, -0.2) is 80.1 Å². The highest BCUT2D eigenvalue weighted by atomic mass is 79.9. The highest BCUT2D eigenvalue weighted by molar-refractivity contribution is 9.10. The van der Waals surface area contributed by atoms with Gasteiger partial charge in [-0.25, -0.2) is 9.97 Å². The Balaban J connectivity index is 0.000000191. The molecule has 0 bridgehead atoms. The lowest BCUT2D eigenvalue weighted by Gasteiger charge is -2.20. The molecule has 0 saturated heterocycles. The molecule has 0 amide bonds. The zero-order valence-electron chi connectivity index (χ0n) is 27.6. The summed E-state index contributed by atoms with van der Waals surface area (Å²) >= 11 is 9.33. The van der Waals surface area contributed by atoms with Crippen molar-refractivity contribution < 1.29 is 33.3 Å². The summed E-state index contributed by atoms with van der Waals surface area (Å²) in [5, 5.41) is 0.0693. The van der Waals surface area contributed by atoms with Gasteiger partial charge in [0.25, 0.3) is 0 Å². The summed E-state index contributed by atoms with van der Waals surface area (Å²) in [7, 11) is 7.86. The number of anilines is 4. The summed E-state index contributed by atoms with van der Waals surface area (Å²) < 4.78 is 27.3. The first-order chi connectivity index (χ1) is 23.4. The van der Waals surface area contributed by atoms with Crippen molar-refractivity contribution in [2.45, 2.75) is 20.0 Å². The van der Waals surface area contributed by atoms with E-state index in [4.69, 9.17) is 46.8 Å². The van der Waals surface area contributed by atoms with Crippen molar-refractivity contribution in [2.75, 3.05) is 69.9 Å². The molecule has 6 rings (SSSR count). The molecule has 4 aromatic rings. The van der Waals surface area contributed by atoms with Gasteiger partial charge in [-0.2, -0.15) is 9.97 Å². The fourth-order valence-corrected chi connectivity index (χ4v) is 6.49. The van der Waals surface area contributed by atoms with Crippen LogP contribution >= 0.6 is 27.5 Å². The number of fused-ring (bicyclic) bond motifs is 2. The van der Waals surface area contributed by atoms with Crippen molar-refractivity contribution in [3.8, 4) is 28.7 Å². The number of halogens is 2. The monoisotopic (exact) mass is 756 g/mol. The maximum atomic E-state index is 12.3. The van der Waals surface area contributed by atoms with Crippen molar-refractivity contribution in [3.05, 3.63) is 61.8 Å². The molecule has 0 radical (unpaired) electrons. The van der Waals surface area contributed by atoms with Gasteiger partial charge in [-0.3, -0.25) is 9.59 Å². The van der Waals surface area contributed by atoms with Crippen LogP contribution in [0.1, 0.15) is 37.4 Å². The summed E-state index contributed by atoms with van der Waals surface area (Å²) in [5.41, 5.74) is 14.9. The number of carbonyl (C=O) groups excluding carboxylic acids is 2. The molecule has 2 aromatic carbocycles. The zero-order chi connectivity index (χ0) is 35.6. The van der Waals surface area contributed by atoms with Gasteiger partial charge in [-0.05, 0) is 58.2 Å². The Bertz CT molecular complexity index is 1900. The first kappa shape index (κ1) is 35.2.